The highest BCUT2D eigenvalue weighted by Gasteiger charge is 2.28. The van der Waals surface area contributed by atoms with Crippen LogP contribution in [0.2, 0.25) is 0 Å². The lowest BCUT2D eigenvalue weighted by Gasteiger charge is -2.06. The number of sulfonamides is 1. The number of anilines is 1. The molecule has 0 radical (unpaired) electrons. The maximum absolute atomic E-state index is 12.4. The Morgan fingerprint density at radius 3 is 2.54 bits per heavy atom. The zero-order valence-electron chi connectivity index (χ0n) is 14.0. The molecule has 0 spiro atoms. The lowest BCUT2D eigenvalue weighted by atomic mass is 10.2. The fourth-order valence-electron chi connectivity index (χ4n) is 2.58. The first-order chi connectivity index (χ1) is 12.4. The van der Waals surface area contributed by atoms with E-state index in [4.69, 9.17) is 0 Å². The molecule has 0 aliphatic heterocycles. The van der Waals surface area contributed by atoms with Crippen molar-refractivity contribution in [2.24, 2.45) is 0 Å². The number of nitrogens with zero attached hydrogens (tertiary/aromatic N) is 1. The van der Waals surface area contributed by atoms with E-state index in [1.54, 1.807) is 0 Å². The first-order valence-corrected chi connectivity index (χ1v) is 10.5. The number of rotatable bonds is 5. The van der Waals surface area contributed by atoms with Crippen molar-refractivity contribution in [1.29, 1.82) is 0 Å². The molecule has 1 fully saturated rings. The van der Waals surface area contributed by atoms with Gasteiger partial charge in [0.25, 0.3) is 5.91 Å². The predicted octanol–water partition coefficient (Wildman–Crippen LogP) is 3.30. The fourth-order valence-corrected chi connectivity index (χ4v) is 4.83. The molecule has 0 unspecified atom stereocenters. The molecule has 0 bridgehead atoms. The topological polar surface area (TPSA) is 88.2 Å². The van der Waals surface area contributed by atoms with Gasteiger partial charge in [-0.3, -0.25) is 10.1 Å². The number of carbonyl (C=O) groups excluding carboxylic acids is 1. The van der Waals surface area contributed by atoms with E-state index >= 15 is 0 Å². The maximum atomic E-state index is 12.4. The molecule has 8 heteroatoms. The Morgan fingerprint density at radius 2 is 1.88 bits per heavy atom. The van der Waals surface area contributed by atoms with E-state index < -0.39 is 10.0 Å². The molecule has 1 heterocycles. The molecule has 1 saturated carbocycles. The molecular formula is C18H17N3O3S2. The average Bonchev–Trinajstić information content (AvgIpc) is 3.31. The van der Waals surface area contributed by atoms with E-state index in [1.807, 2.05) is 25.1 Å². The summed E-state index contributed by atoms with van der Waals surface area (Å²) in [5, 5.41) is 3.30. The lowest BCUT2D eigenvalue weighted by molar-refractivity contribution is 0.102. The summed E-state index contributed by atoms with van der Waals surface area (Å²) < 4.78 is 28.0. The highest BCUT2D eigenvalue weighted by Crippen LogP contribution is 2.28. The number of aromatic nitrogens is 1. The molecule has 1 aliphatic carbocycles. The van der Waals surface area contributed by atoms with Crippen LogP contribution in [0.25, 0.3) is 10.2 Å². The number of para-hydroxylation sites is 1. The smallest absolute Gasteiger partial charge is 0.257 e. The van der Waals surface area contributed by atoms with Crippen molar-refractivity contribution in [2.75, 3.05) is 5.32 Å². The van der Waals surface area contributed by atoms with E-state index in [0.717, 1.165) is 28.6 Å². The fraction of sp³-hybridized carbons (Fsp3) is 0.222. The molecule has 3 aromatic rings. The average molecular weight is 387 g/mol. The van der Waals surface area contributed by atoms with Gasteiger partial charge in [-0.1, -0.05) is 23.5 Å². The van der Waals surface area contributed by atoms with Crippen LogP contribution in [-0.4, -0.2) is 25.4 Å². The maximum Gasteiger partial charge on any atom is 0.257 e. The van der Waals surface area contributed by atoms with Crippen LogP contribution in [0, 0.1) is 6.92 Å². The van der Waals surface area contributed by atoms with Crippen molar-refractivity contribution < 1.29 is 13.2 Å². The zero-order chi connectivity index (χ0) is 18.3. The first-order valence-electron chi connectivity index (χ1n) is 8.22. The Kier molecular flexibility index (Phi) is 4.26. The number of fused-ring (bicyclic) bond motifs is 1. The van der Waals surface area contributed by atoms with Crippen LogP contribution in [-0.2, 0) is 10.0 Å². The Balaban J connectivity index is 1.51. The Morgan fingerprint density at radius 1 is 1.15 bits per heavy atom. The molecule has 4 rings (SSSR count). The summed E-state index contributed by atoms with van der Waals surface area (Å²) in [5.41, 5.74) is 2.31. The van der Waals surface area contributed by atoms with Gasteiger partial charge in [0.15, 0.2) is 5.13 Å². The van der Waals surface area contributed by atoms with Crippen molar-refractivity contribution in [3.63, 3.8) is 0 Å². The quantitative estimate of drug-likeness (QED) is 0.703. The molecule has 0 saturated heterocycles. The van der Waals surface area contributed by atoms with Crippen LogP contribution < -0.4 is 10.0 Å². The van der Waals surface area contributed by atoms with E-state index in [9.17, 15) is 13.2 Å². The third kappa shape index (κ3) is 3.48. The first kappa shape index (κ1) is 17.1. The van der Waals surface area contributed by atoms with Crippen LogP contribution in [0.15, 0.2) is 47.4 Å². The Labute approximate surface area is 155 Å². The SMILES string of the molecule is Cc1cccc2sc(NC(=O)c3ccc(S(=O)(=O)NC4CC4)cc3)nc12. The van der Waals surface area contributed by atoms with Crippen LogP contribution in [0.3, 0.4) is 0 Å². The van der Waals surface area contributed by atoms with E-state index in [0.29, 0.717) is 10.7 Å². The number of thiazole rings is 1. The third-order valence-electron chi connectivity index (χ3n) is 4.17. The normalized spacial score (nSPS) is 14.5. The van der Waals surface area contributed by atoms with Gasteiger partial charge in [-0.2, -0.15) is 0 Å². The zero-order valence-corrected chi connectivity index (χ0v) is 15.7. The van der Waals surface area contributed by atoms with Gasteiger partial charge in [0, 0.05) is 11.6 Å². The van der Waals surface area contributed by atoms with Crippen LogP contribution >= 0.6 is 11.3 Å². The molecule has 26 heavy (non-hydrogen) atoms. The second kappa shape index (κ2) is 6.46. The van der Waals surface area contributed by atoms with Gasteiger partial charge < -0.3 is 0 Å². The Hall–Kier alpha value is -2.29. The summed E-state index contributed by atoms with van der Waals surface area (Å²) in [4.78, 5) is 17.0. The number of nitrogens with one attached hydrogen (secondary N) is 2. The largest absolute Gasteiger partial charge is 0.298 e. The van der Waals surface area contributed by atoms with Gasteiger partial charge in [0.2, 0.25) is 10.0 Å². The van der Waals surface area contributed by atoms with Gasteiger partial charge in [-0.15, -0.1) is 0 Å². The minimum atomic E-state index is -3.51. The summed E-state index contributed by atoms with van der Waals surface area (Å²) >= 11 is 1.41. The van der Waals surface area contributed by atoms with Crippen molar-refractivity contribution >= 4 is 42.6 Å². The van der Waals surface area contributed by atoms with Crippen LogP contribution in [0.4, 0.5) is 5.13 Å². The number of carbonyl (C=O) groups is 1. The van der Waals surface area contributed by atoms with Gasteiger partial charge in [0.05, 0.1) is 15.1 Å². The van der Waals surface area contributed by atoms with E-state index in [2.05, 4.69) is 15.0 Å². The number of aryl methyl sites for hydroxylation is 1. The van der Waals surface area contributed by atoms with Gasteiger partial charge in [-0.25, -0.2) is 18.1 Å². The highest BCUT2D eigenvalue weighted by atomic mass is 32.2. The lowest BCUT2D eigenvalue weighted by Crippen LogP contribution is -2.25. The van der Waals surface area contributed by atoms with Crippen molar-refractivity contribution in [1.82, 2.24) is 9.71 Å². The van der Waals surface area contributed by atoms with Crippen LogP contribution in [0.1, 0.15) is 28.8 Å². The molecule has 1 aliphatic rings. The number of hydrogen-bond donors (Lipinski definition) is 2. The predicted molar refractivity (Wildman–Crippen MR) is 102 cm³/mol. The molecular weight excluding hydrogens is 370 g/mol. The monoisotopic (exact) mass is 387 g/mol. The van der Waals surface area contributed by atoms with Crippen molar-refractivity contribution in [3.8, 4) is 0 Å². The van der Waals surface area contributed by atoms with E-state index in [1.165, 1.54) is 35.6 Å². The second-order valence-corrected chi connectivity index (χ2v) is 9.06. The third-order valence-corrected chi connectivity index (χ3v) is 6.64. The summed E-state index contributed by atoms with van der Waals surface area (Å²) in [7, 11) is -3.51. The number of hydrogen-bond acceptors (Lipinski definition) is 5. The minimum Gasteiger partial charge on any atom is -0.298 e. The summed E-state index contributed by atoms with van der Waals surface area (Å²) in [6.45, 7) is 1.97. The van der Waals surface area contributed by atoms with Gasteiger partial charge in [0.1, 0.15) is 0 Å². The molecule has 0 atom stereocenters. The highest BCUT2D eigenvalue weighted by molar-refractivity contribution is 7.89. The molecule has 1 amide bonds. The van der Waals surface area contributed by atoms with Crippen molar-refractivity contribution in [2.45, 2.75) is 30.7 Å². The molecule has 2 aromatic carbocycles. The number of amides is 1. The minimum absolute atomic E-state index is 0.0467. The molecule has 1 aromatic heterocycles. The number of benzene rings is 2. The van der Waals surface area contributed by atoms with Crippen LogP contribution in [0.5, 0.6) is 0 Å². The summed E-state index contributed by atoms with van der Waals surface area (Å²) in [5.74, 6) is -0.319. The molecule has 6 nitrogen and oxygen atoms in total. The van der Waals surface area contributed by atoms with E-state index in [-0.39, 0.29) is 16.8 Å². The standard InChI is InChI=1S/C18H17N3O3S2/c1-11-3-2-4-15-16(11)19-18(25-15)20-17(22)12-5-9-14(10-6-12)26(23,24)21-13-7-8-13/h2-6,9-10,13,21H,7-8H2,1H3,(H,19,20,22). The Bertz CT molecular complexity index is 1080. The summed E-state index contributed by atoms with van der Waals surface area (Å²) in [6.07, 6.45) is 1.75. The second-order valence-electron chi connectivity index (χ2n) is 6.31. The van der Waals surface area contributed by atoms with Crippen molar-refractivity contribution in [3.05, 3.63) is 53.6 Å². The molecule has 2 N–H and O–H groups in total. The van der Waals surface area contributed by atoms with Gasteiger partial charge >= 0.3 is 0 Å². The summed E-state index contributed by atoms with van der Waals surface area (Å²) in [6, 6.07) is 11.8. The van der Waals surface area contributed by atoms with Gasteiger partial charge in [-0.05, 0) is 55.7 Å². The molecule has 134 valence electrons.